The first kappa shape index (κ1) is 10.3. The molecule has 3 heteroatoms. The third kappa shape index (κ3) is 2.33. The van der Waals surface area contributed by atoms with E-state index in [1.165, 1.54) is 12.1 Å². The van der Waals surface area contributed by atoms with E-state index in [2.05, 4.69) is 11.8 Å². The Bertz CT molecular complexity index is 413. The molecular formula is C11H9FO2. The van der Waals surface area contributed by atoms with Crippen LogP contribution < -0.4 is 0 Å². The maximum absolute atomic E-state index is 12.8. The summed E-state index contributed by atoms with van der Waals surface area (Å²) in [6.07, 6.45) is 0.260. The van der Waals surface area contributed by atoms with E-state index < -0.39 is 11.8 Å². The van der Waals surface area contributed by atoms with Crippen molar-refractivity contribution in [2.45, 2.75) is 13.3 Å². The summed E-state index contributed by atoms with van der Waals surface area (Å²) >= 11 is 0. The molecule has 0 aliphatic rings. The van der Waals surface area contributed by atoms with Gasteiger partial charge in [-0.2, -0.15) is 0 Å². The molecule has 0 amide bonds. The van der Waals surface area contributed by atoms with Crippen molar-refractivity contribution in [2.75, 3.05) is 0 Å². The zero-order valence-corrected chi connectivity index (χ0v) is 7.67. The van der Waals surface area contributed by atoms with Crippen LogP contribution in [0.3, 0.4) is 0 Å². The molecule has 1 rings (SSSR count). The molecule has 1 N–H and O–H groups in total. The van der Waals surface area contributed by atoms with Crippen LogP contribution in [0.1, 0.15) is 22.8 Å². The molecule has 0 saturated carbocycles. The topological polar surface area (TPSA) is 37.3 Å². The van der Waals surface area contributed by atoms with Crippen LogP contribution in [0, 0.1) is 17.7 Å². The van der Waals surface area contributed by atoms with Crippen LogP contribution in [0.15, 0.2) is 18.2 Å². The minimum absolute atomic E-state index is 0.106. The second-order valence-electron chi connectivity index (χ2n) is 2.71. The molecule has 14 heavy (non-hydrogen) atoms. The van der Waals surface area contributed by atoms with Crippen LogP contribution in [0.2, 0.25) is 0 Å². The van der Waals surface area contributed by atoms with Gasteiger partial charge in [0.25, 0.3) is 0 Å². The number of carbonyl (C=O) groups is 1. The van der Waals surface area contributed by atoms with Crippen molar-refractivity contribution in [3.8, 4) is 11.8 Å². The monoisotopic (exact) mass is 192 g/mol. The van der Waals surface area contributed by atoms with Gasteiger partial charge in [-0.3, -0.25) is 0 Å². The third-order valence-electron chi connectivity index (χ3n) is 1.75. The standard InChI is InChI=1S/C11H9FO2/c1-2-3-4-8-7-9(12)5-6-10(8)11(13)14/h5-7H,4H2,1H3,(H,13,14). The van der Waals surface area contributed by atoms with Gasteiger partial charge in [0.1, 0.15) is 5.82 Å². The lowest BCUT2D eigenvalue weighted by atomic mass is 10.0. The van der Waals surface area contributed by atoms with Gasteiger partial charge in [0.2, 0.25) is 0 Å². The molecule has 0 bridgehead atoms. The molecule has 0 aromatic heterocycles. The number of carboxylic acid groups (broad SMARTS) is 1. The fourth-order valence-electron chi connectivity index (χ4n) is 1.10. The van der Waals surface area contributed by atoms with Crippen LogP contribution in [-0.2, 0) is 6.42 Å². The van der Waals surface area contributed by atoms with Gasteiger partial charge in [-0.05, 0) is 30.7 Å². The van der Waals surface area contributed by atoms with Gasteiger partial charge in [0.15, 0.2) is 0 Å². The largest absolute Gasteiger partial charge is 0.478 e. The highest BCUT2D eigenvalue weighted by molar-refractivity contribution is 5.89. The second-order valence-corrected chi connectivity index (χ2v) is 2.71. The summed E-state index contributed by atoms with van der Waals surface area (Å²) in [5.41, 5.74) is 0.515. The van der Waals surface area contributed by atoms with Gasteiger partial charge >= 0.3 is 5.97 Å². The highest BCUT2D eigenvalue weighted by atomic mass is 19.1. The normalized spacial score (nSPS) is 9.00. The van der Waals surface area contributed by atoms with E-state index in [4.69, 9.17) is 5.11 Å². The minimum atomic E-state index is -1.06. The summed E-state index contributed by atoms with van der Waals surface area (Å²) < 4.78 is 12.8. The molecule has 0 aliphatic carbocycles. The SMILES string of the molecule is CC#CCc1cc(F)ccc1C(=O)O. The van der Waals surface area contributed by atoms with E-state index in [1.807, 2.05) is 0 Å². The highest BCUT2D eigenvalue weighted by Gasteiger charge is 2.09. The Morgan fingerprint density at radius 3 is 2.86 bits per heavy atom. The summed E-state index contributed by atoms with van der Waals surface area (Å²) in [6.45, 7) is 1.65. The van der Waals surface area contributed by atoms with Crippen molar-refractivity contribution in [2.24, 2.45) is 0 Å². The Kier molecular flexibility index (Phi) is 3.24. The molecule has 0 heterocycles. The molecule has 0 fully saturated rings. The van der Waals surface area contributed by atoms with Gasteiger partial charge in [-0.15, -0.1) is 5.92 Å². The maximum atomic E-state index is 12.8. The molecule has 1 aromatic rings. The van der Waals surface area contributed by atoms with Crippen LogP contribution in [0.25, 0.3) is 0 Å². The van der Waals surface area contributed by atoms with Gasteiger partial charge < -0.3 is 5.11 Å². The number of rotatable bonds is 2. The summed E-state index contributed by atoms with van der Waals surface area (Å²) in [5, 5.41) is 8.79. The zero-order valence-electron chi connectivity index (χ0n) is 7.67. The van der Waals surface area contributed by atoms with Crippen molar-refractivity contribution in [3.63, 3.8) is 0 Å². The van der Waals surface area contributed by atoms with Crippen LogP contribution in [0.4, 0.5) is 4.39 Å². The van der Waals surface area contributed by atoms with E-state index in [-0.39, 0.29) is 12.0 Å². The summed E-state index contributed by atoms with van der Waals surface area (Å²) in [7, 11) is 0. The van der Waals surface area contributed by atoms with Crippen molar-refractivity contribution in [1.82, 2.24) is 0 Å². The number of halogens is 1. The Balaban J connectivity index is 3.13. The first-order valence-electron chi connectivity index (χ1n) is 4.06. The first-order chi connectivity index (χ1) is 6.65. The molecule has 0 radical (unpaired) electrons. The summed E-state index contributed by atoms with van der Waals surface area (Å²) in [4.78, 5) is 10.7. The van der Waals surface area contributed by atoms with Crippen LogP contribution >= 0.6 is 0 Å². The second kappa shape index (κ2) is 4.43. The fraction of sp³-hybridized carbons (Fsp3) is 0.182. The predicted molar refractivity (Wildman–Crippen MR) is 50.5 cm³/mol. The molecule has 0 unspecified atom stereocenters. The van der Waals surface area contributed by atoms with Crippen molar-refractivity contribution < 1.29 is 14.3 Å². The Labute approximate surface area is 81.4 Å². The zero-order chi connectivity index (χ0) is 10.6. The van der Waals surface area contributed by atoms with Crippen LogP contribution in [0.5, 0.6) is 0 Å². The van der Waals surface area contributed by atoms with Crippen LogP contribution in [-0.4, -0.2) is 11.1 Å². The van der Waals surface area contributed by atoms with Crippen molar-refractivity contribution >= 4 is 5.97 Å². The van der Waals surface area contributed by atoms with Gasteiger partial charge in [-0.1, -0.05) is 5.92 Å². The van der Waals surface area contributed by atoms with E-state index in [1.54, 1.807) is 6.92 Å². The maximum Gasteiger partial charge on any atom is 0.336 e. The molecule has 0 saturated heterocycles. The Hall–Kier alpha value is -1.82. The molecule has 0 atom stereocenters. The first-order valence-corrected chi connectivity index (χ1v) is 4.06. The van der Waals surface area contributed by atoms with Gasteiger partial charge in [-0.25, -0.2) is 9.18 Å². The number of carboxylic acids is 1. The van der Waals surface area contributed by atoms with E-state index in [0.29, 0.717) is 5.56 Å². The number of hydrogen-bond acceptors (Lipinski definition) is 1. The number of aromatic carboxylic acids is 1. The molecule has 72 valence electrons. The molecular weight excluding hydrogens is 183 g/mol. The van der Waals surface area contributed by atoms with Gasteiger partial charge in [0, 0.05) is 6.42 Å². The number of hydrogen-bond donors (Lipinski definition) is 1. The molecule has 0 spiro atoms. The Morgan fingerprint density at radius 2 is 2.29 bits per heavy atom. The lowest BCUT2D eigenvalue weighted by molar-refractivity contribution is 0.0696. The quantitative estimate of drug-likeness (QED) is 0.728. The molecule has 2 nitrogen and oxygen atoms in total. The average Bonchev–Trinajstić information content (AvgIpc) is 2.14. The fourth-order valence-corrected chi connectivity index (χ4v) is 1.10. The lowest BCUT2D eigenvalue weighted by Gasteiger charge is -2.01. The van der Waals surface area contributed by atoms with E-state index >= 15 is 0 Å². The van der Waals surface area contributed by atoms with E-state index in [0.717, 1.165) is 6.07 Å². The predicted octanol–water partition coefficient (Wildman–Crippen LogP) is 2.09. The average molecular weight is 192 g/mol. The molecule has 1 aromatic carbocycles. The summed E-state index contributed by atoms with van der Waals surface area (Å²) in [6, 6.07) is 3.59. The third-order valence-corrected chi connectivity index (χ3v) is 1.75. The van der Waals surface area contributed by atoms with Gasteiger partial charge in [0.05, 0.1) is 5.56 Å². The van der Waals surface area contributed by atoms with Crippen molar-refractivity contribution in [1.29, 1.82) is 0 Å². The number of benzene rings is 1. The Morgan fingerprint density at radius 1 is 1.57 bits per heavy atom. The minimum Gasteiger partial charge on any atom is -0.478 e. The summed E-state index contributed by atoms with van der Waals surface area (Å²) in [5.74, 6) is 3.84. The lowest BCUT2D eigenvalue weighted by Crippen LogP contribution is -2.02. The molecule has 0 aliphatic heterocycles. The van der Waals surface area contributed by atoms with Crippen molar-refractivity contribution in [3.05, 3.63) is 35.1 Å². The van der Waals surface area contributed by atoms with E-state index in [9.17, 15) is 9.18 Å². The highest BCUT2D eigenvalue weighted by Crippen LogP contribution is 2.11. The smallest absolute Gasteiger partial charge is 0.336 e.